The van der Waals surface area contributed by atoms with E-state index < -0.39 is 0 Å². The second-order valence-corrected chi connectivity index (χ2v) is 9.36. The van der Waals surface area contributed by atoms with Crippen LogP contribution in [0.15, 0.2) is 4.99 Å². The number of guanidine groups is 1. The smallest absolute Gasteiger partial charge is 0.243 e. The van der Waals surface area contributed by atoms with Gasteiger partial charge in [0.2, 0.25) is 5.91 Å². The second-order valence-electron chi connectivity index (χ2n) is 9.36. The Kier molecular flexibility index (Phi) is 9.41. The van der Waals surface area contributed by atoms with Crippen LogP contribution >= 0.6 is 0 Å². The number of nitrogens with one attached hydrogen (secondary N) is 2. The molecule has 2 atom stereocenters. The molecule has 178 valence electrons. The normalized spacial score (nSPS) is 26.4. The Labute approximate surface area is 188 Å². The molecule has 1 aliphatic heterocycles. The fourth-order valence-corrected chi connectivity index (χ4v) is 5.21. The summed E-state index contributed by atoms with van der Waals surface area (Å²) in [6.45, 7) is 8.62. The van der Waals surface area contributed by atoms with Crippen molar-refractivity contribution in [2.24, 2.45) is 10.4 Å². The van der Waals surface area contributed by atoms with Gasteiger partial charge in [-0.3, -0.25) is 9.69 Å². The first-order valence-corrected chi connectivity index (χ1v) is 12.2. The first-order valence-electron chi connectivity index (χ1n) is 12.2. The van der Waals surface area contributed by atoms with Crippen LogP contribution in [0.25, 0.3) is 0 Å². The molecule has 2 aliphatic carbocycles. The lowest BCUT2D eigenvalue weighted by Crippen LogP contribution is -2.66. The number of rotatable bonds is 9. The molecular formula is C23H43N5O3. The van der Waals surface area contributed by atoms with Crippen LogP contribution < -0.4 is 10.6 Å². The summed E-state index contributed by atoms with van der Waals surface area (Å²) in [6.07, 6.45) is 8.73. The first kappa shape index (κ1) is 24.3. The maximum Gasteiger partial charge on any atom is 0.243 e. The predicted octanol–water partition coefficient (Wildman–Crippen LogP) is 1.46. The van der Waals surface area contributed by atoms with Crippen LogP contribution in [0.5, 0.6) is 0 Å². The van der Waals surface area contributed by atoms with Gasteiger partial charge in [-0.1, -0.05) is 19.3 Å². The zero-order chi connectivity index (χ0) is 22.1. The van der Waals surface area contributed by atoms with Gasteiger partial charge in [-0.2, -0.15) is 0 Å². The Bertz CT molecular complexity index is 586. The SMILES string of the molecule is CCOC1CC(NC(=NCC(=O)N(C)C)NCCCN2CCOCC2)C12CCCCC2. The molecule has 0 aromatic rings. The third-order valence-electron chi connectivity index (χ3n) is 7.17. The summed E-state index contributed by atoms with van der Waals surface area (Å²) < 4.78 is 11.5. The predicted molar refractivity (Wildman–Crippen MR) is 123 cm³/mol. The van der Waals surface area contributed by atoms with Crippen molar-refractivity contribution in [2.75, 3.05) is 66.6 Å². The molecule has 2 saturated carbocycles. The summed E-state index contributed by atoms with van der Waals surface area (Å²) in [7, 11) is 3.55. The van der Waals surface area contributed by atoms with Gasteiger partial charge in [0.15, 0.2) is 5.96 Å². The molecule has 1 saturated heterocycles. The summed E-state index contributed by atoms with van der Waals surface area (Å²) in [4.78, 5) is 20.8. The minimum absolute atomic E-state index is 0.0163. The van der Waals surface area contributed by atoms with Crippen LogP contribution in [0, 0.1) is 5.41 Å². The number of carbonyl (C=O) groups excluding carboxylic acids is 1. The topological polar surface area (TPSA) is 78.4 Å². The number of hydrogen-bond acceptors (Lipinski definition) is 5. The highest BCUT2D eigenvalue weighted by Crippen LogP contribution is 2.53. The van der Waals surface area contributed by atoms with E-state index in [0.717, 1.165) is 64.8 Å². The van der Waals surface area contributed by atoms with Crippen molar-refractivity contribution in [3.8, 4) is 0 Å². The van der Waals surface area contributed by atoms with Crippen molar-refractivity contribution in [1.29, 1.82) is 0 Å². The highest BCUT2D eigenvalue weighted by molar-refractivity contribution is 5.85. The van der Waals surface area contributed by atoms with Crippen molar-refractivity contribution < 1.29 is 14.3 Å². The van der Waals surface area contributed by atoms with Crippen molar-refractivity contribution in [2.45, 2.75) is 64.0 Å². The van der Waals surface area contributed by atoms with Gasteiger partial charge in [-0.05, 0) is 39.2 Å². The molecule has 2 N–H and O–H groups in total. The molecule has 3 rings (SSSR count). The quantitative estimate of drug-likeness (QED) is 0.323. The molecule has 2 unspecified atom stereocenters. The largest absolute Gasteiger partial charge is 0.379 e. The van der Waals surface area contributed by atoms with E-state index in [2.05, 4.69) is 27.4 Å². The number of nitrogens with zero attached hydrogens (tertiary/aromatic N) is 3. The number of amides is 1. The van der Waals surface area contributed by atoms with Crippen LogP contribution in [0.1, 0.15) is 51.9 Å². The summed E-state index contributed by atoms with van der Waals surface area (Å²) in [5.41, 5.74) is 0.218. The molecule has 31 heavy (non-hydrogen) atoms. The molecule has 8 nitrogen and oxygen atoms in total. The molecule has 0 aromatic carbocycles. The lowest BCUT2D eigenvalue weighted by atomic mass is 9.55. The van der Waals surface area contributed by atoms with Crippen molar-refractivity contribution in [3.05, 3.63) is 0 Å². The summed E-state index contributed by atoms with van der Waals surface area (Å²) in [6, 6.07) is 0.365. The lowest BCUT2D eigenvalue weighted by Gasteiger charge is -2.58. The Morgan fingerprint density at radius 2 is 1.97 bits per heavy atom. The van der Waals surface area contributed by atoms with Gasteiger partial charge in [0.25, 0.3) is 0 Å². The van der Waals surface area contributed by atoms with Crippen molar-refractivity contribution in [3.63, 3.8) is 0 Å². The monoisotopic (exact) mass is 437 g/mol. The van der Waals surface area contributed by atoms with Gasteiger partial charge in [-0.25, -0.2) is 4.99 Å². The number of morpholine rings is 1. The molecular weight excluding hydrogens is 394 g/mol. The molecule has 3 aliphatic rings. The standard InChI is InChI=1S/C23H43N5O3/c1-4-31-20-17-19(23(20)9-6-5-7-10-23)26-22(25-18-21(29)27(2)3)24-11-8-12-28-13-15-30-16-14-28/h19-20H,4-18H2,1-3H3,(H2,24,25,26). The summed E-state index contributed by atoms with van der Waals surface area (Å²) in [5.74, 6) is 0.782. The minimum Gasteiger partial charge on any atom is -0.379 e. The van der Waals surface area contributed by atoms with Gasteiger partial charge in [0.05, 0.1) is 19.3 Å². The van der Waals surface area contributed by atoms with E-state index in [1.165, 1.54) is 32.1 Å². The minimum atomic E-state index is 0.0163. The molecule has 0 bridgehead atoms. The zero-order valence-corrected chi connectivity index (χ0v) is 19.8. The number of ether oxygens (including phenoxy) is 2. The Balaban J connectivity index is 1.56. The molecule has 8 heteroatoms. The average molecular weight is 438 g/mol. The summed E-state index contributed by atoms with van der Waals surface area (Å²) >= 11 is 0. The number of carbonyl (C=O) groups is 1. The van der Waals surface area contributed by atoms with E-state index in [9.17, 15) is 4.79 Å². The molecule has 1 spiro atoms. The van der Waals surface area contributed by atoms with Crippen molar-refractivity contribution >= 4 is 11.9 Å². The van der Waals surface area contributed by atoms with Crippen LogP contribution in [0.4, 0.5) is 0 Å². The Morgan fingerprint density at radius 3 is 2.65 bits per heavy atom. The lowest BCUT2D eigenvalue weighted by molar-refractivity contribution is -0.145. The third kappa shape index (κ3) is 6.56. The number of hydrogen-bond donors (Lipinski definition) is 2. The number of aliphatic imine (C=N–C) groups is 1. The third-order valence-corrected chi connectivity index (χ3v) is 7.17. The van der Waals surface area contributed by atoms with Crippen LogP contribution in [0.2, 0.25) is 0 Å². The van der Waals surface area contributed by atoms with Gasteiger partial charge < -0.3 is 25.0 Å². The first-order chi connectivity index (χ1) is 15.0. The van der Waals surface area contributed by atoms with Crippen LogP contribution in [-0.4, -0.2) is 100 Å². The average Bonchev–Trinajstić information content (AvgIpc) is 2.79. The molecule has 0 radical (unpaired) electrons. The van der Waals surface area contributed by atoms with E-state index in [1.54, 1.807) is 19.0 Å². The number of likely N-dealkylation sites (N-methyl/N-ethyl adjacent to an activating group) is 1. The fraction of sp³-hybridized carbons (Fsp3) is 0.913. The van der Waals surface area contributed by atoms with Gasteiger partial charge in [0, 0.05) is 51.8 Å². The molecule has 1 amide bonds. The Hall–Kier alpha value is -1.38. The van der Waals surface area contributed by atoms with Gasteiger partial charge >= 0.3 is 0 Å². The van der Waals surface area contributed by atoms with E-state index in [-0.39, 0.29) is 17.9 Å². The maximum absolute atomic E-state index is 12.1. The van der Waals surface area contributed by atoms with E-state index in [1.807, 2.05) is 0 Å². The fourth-order valence-electron chi connectivity index (χ4n) is 5.21. The second kappa shape index (κ2) is 12.0. The molecule has 0 aromatic heterocycles. The van der Waals surface area contributed by atoms with Crippen LogP contribution in [0.3, 0.4) is 0 Å². The Morgan fingerprint density at radius 1 is 1.23 bits per heavy atom. The highest BCUT2D eigenvalue weighted by atomic mass is 16.5. The van der Waals surface area contributed by atoms with Gasteiger partial charge in [-0.15, -0.1) is 0 Å². The van der Waals surface area contributed by atoms with E-state index >= 15 is 0 Å². The van der Waals surface area contributed by atoms with Gasteiger partial charge in [0.1, 0.15) is 6.54 Å². The molecule has 3 fully saturated rings. The summed E-state index contributed by atoms with van der Waals surface area (Å²) in [5, 5.41) is 7.18. The van der Waals surface area contributed by atoms with E-state index in [4.69, 9.17) is 9.47 Å². The van der Waals surface area contributed by atoms with Crippen molar-refractivity contribution in [1.82, 2.24) is 20.4 Å². The van der Waals surface area contributed by atoms with Crippen LogP contribution in [-0.2, 0) is 14.3 Å². The molecule has 1 heterocycles. The van der Waals surface area contributed by atoms with E-state index in [0.29, 0.717) is 12.1 Å². The maximum atomic E-state index is 12.1. The highest BCUT2D eigenvalue weighted by Gasteiger charge is 2.55. The zero-order valence-electron chi connectivity index (χ0n) is 19.8.